The maximum Gasteiger partial charge on any atom is 0.323 e. The largest absolute Gasteiger partial charge is 0.399 e. The first kappa shape index (κ1) is 14.1. The average Bonchev–Trinajstić information content (AvgIpc) is 2.75. The van der Waals surface area contributed by atoms with E-state index in [2.05, 4.69) is 41.8 Å². The van der Waals surface area contributed by atoms with Gasteiger partial charge in [-0.25, -0.2) is 4.79 Å². The lowest BCUT2D eigenvalue weighted by atomic mass is 10.0. The fourth-order valence-corrected chi connectivity index (χ4v) is 3.16. The molecule has 5 nitrogen and oxygen atoms in total. The van der Waals surface area contributed by atoms with Crippen LogP contribution in [-0.4, -0.2) is 15.8 Å². The van der Waals surface area contributed by atoms with Crippen LogP contribution < -0.4 is 11.4 Å². The third-order valence-electron chi connectivity index (χ3n) is 3.03. The van der Waals surface area contributed by atoms with Crippen molar-refractivity contribution in [2.75, 3.05) is 5.73 Å². The molecule has 0 amide bonds. The first-order valence-electron chi connectivity index (χ1n) is 5.96. The summed E-state index contributed by atoms with van der Waals surface area (Å²) in [4.78, 5) is 29.2. The lowest BCUT2D eigenvalue weighted by Gasteiger charge is -2.06. The minimum Gasteiger partial charge on any atom is -0.399 e. The average molecular weight is 411 g/mol. The summed E-state index contributed by atoms with van der Waals surface area (Å²) in [6, 6.07) is 8.37. The number of anilines is 1. The monoisotopic (exact) mass is 409 g/mol. The molecule has 21 heavy (non-hydrogen) atoms. The third kappa shape index (κ3) is 2.66. The molecule has 0 bridgehead atoms. The van der Waals surface area contributed by atoms with Crippen LogP contribution in [-0.2, 0) is 0 Å². The molecule has 3 aromatic rings. The lowest BCUT2D eigenvalue weighted by molar-refractivity contribution is 0.103. The maximum absolute atomic E-state index is 12.6. The van der Waals surface area contributed by atoms with Gasteiger partial charge in [0.05, 0.1) is 11.0 Å². The van der Waals surface area contributed by atoms with E-state index in [0.29, 0.717) is 32.3 Å². The Hall–Kier alpha value is -1.86. The molecule has 7 heteroatoms. The van der Waals surface area contributed by atoms with Crippen molar-refractivity contribution in [1.29, 1.82) is 0 Å². The maximum atomic E-state index is 12.6. The summed E-state index contributed by atoms with van der Waals surface area (Å²) < 4.78 is 1.34. The van der Waals surface area contributed by atoms with Gasteiger partial charge in [0, 0.05) is 25.8 Å². The smallest absolute Gasteiger partial charge is 0.323 e. The van der Waals surface area contributed by atoms with Gasteiger partial charge >= 0.3 is 5.69 Å². The molecule has 0 aliphatic heterocycles. The van der Waals surface area contributed by atoms with Gasteiger partial charge in [-0.3, -0.25) is 4.79 Å². The van der Waals surface area contributed by atoms with Crippen LogP contribution >= 0.6 is 31.9 Å². The summed E-state index contributed by atoms with van der Waals surface area (Å²) >= 11 is 6.68. The van der Waals surface area contributed by atoms with Crippen LogP contribution in [0.5, 0.6) is 0 Å². The van der Waals surface area contributed by atoms with E-state index in [0.717, 1.165) is 4.47 Å². The van der Waals surface area contributed by atoms with Crippen molar-refractivity contribution in [3.8, 4) is 0 Å². The zero-order valence-corrected chi connectivity index (χ0v) is 13.7. The molecular formula is C14H9Br2N3O2. The summed E-state index contributed by atoms with van der Waals surface area (Å²) in [6.45, 7) is 0. The Morgan fingerprint density at radius 3 is 2.33 bits per heavy atom. The summed E-state index contributed by atoms with van der Waals surface area (Å²) in [5, 5.41) is 0. The Kier molecular flexibility index (Phi) is 3.46. The van der Waals surface area contributed by atoms with E-state index in [9.17, 15) is 9.59 Å². The summed E-state index contributed by atoms with van der Waals surface area (Å²) in [5.74, 6) is -0.182. The van der Waals surface area contributed by atoms with Gasteiger partial charge in [0.15, 0.2) is 5.78 Å². The number of halogens is 2. The highest BCUT2D eigenvalue weighted by Crippen LogP contribution is 2.26. The van der Waals surface area contributed by atoms with Gasteiger partial charge < -0.3 is 15.7 Å². The number of carbonyl (C=O) groups excluding carboxylic acids is 1. The van der Waals surface area contributed by atoms with Crippen molar-refractivity contribution < 1.29 is 4.79 Å². The SMILES string of the molecule is Nc1cc(Br)cc(C(=O)c2cc3[nH]c(=O)[nH]c3cc2Br)c1. The van der Waals surface area contributed by atoms with Crippen LogP contribution in [0.4, 0.5) is 5.69 Å². The molecule has 0 aliphatic rings. The highest BCUT2D eigenvalue weighted by molar-refractivity contribution is 9.10. The van der Waals surface area contributed by atoms with E-state index in [1.165, 1.54) is 0 Å². The van der Waals surface area contributed by atoms with Gasteiger partial charge in [0.1, 0.15) is 0 Å². The molecule has 106 valence electrons. The fraction of sp³-hybridized carbons (Fsp3) is 0. The molecule has 0 saturated carbocycles. The molecule has 0 atom stereocenters. The number of carbonyl (C=O) groups is 1. The molecule has 0 saturated heterocycles. The van der Waals surface area contributed by atoms with Crippen LogP contribution in [0, 0.1) is 0 Å². The first-order chi connectivity index (χ1) is 9.94. The Morgan fingerprint density at radius 2 is 1.67 bits per heavy atom. The van der Waals surface area contributed by atoms with Crippen molar-refractivity contribution in [2.45, 2.75) is 0 Å². The van der Waals surface area contributed by atoms with E-state index in [1.54, 1.807) is 30.3 Å². The Balaban J connectivity index is 2.16. The Bertz CT molecular complexity index is 907. The van der Waals surface area contributed by atoms with Gasteiger partial charge in [-0.1, -0.05) is 15.9 Å². The zero-order valence-electron chi connectivity index (χ0n) is 10.5. The van der Waals surface area contributed by atoms with E-state index in [1.807, 2.05) is 0 Å². The molecule has 0 aliphatic carbocycles. The van der Waals surface area contributed by atoms with E-state index < -0.39 is 0 Å². The standard InChI is InChI=1S/C14H9Br2N3O2/c15-7-1-6(2-8(17)3-7)13(20)9-4-11-12(5-10(9)16)19-14(21)18-11/h1-5H,17H2,(H2,18,19,21). The Labute approximate surface area is 135 Å². The van der Waals surface area contributed by atoms with Gasteiger partial charge in [-0.2, -0.15) is 0 Å². The minimum absolute atomic E-state index is 0.182. The molecular weight excluding hydrogens is 402 g/mol. The van der Waals surface area contributed by atoms with Gasteiger partial charge in [0.2, 0.25) is 0 Å². The van der Waals surface area contributed by atoms with Crippen molar-refractivity contribution in [3.63, 3.8) is 0 Å². The zero-order chi connectivity index (χ0) is 15.1. The number of aromatic nitrogens is 2. The molecule has 4 N–H and O–H groups in total. The number of benzene rings is 2. The molecule has 0 fully saturated rings. The van der Waals surface area contributed by atoms with Crippen LogP contribution in [0.2, 0.25) is 0 Å². The number of fused-ring (bicyclic) bond motifs is 1. The summed E-state index contributed by atoms with van der Waals surface area (Å²) in [5.41, 5.74) is 8.09. The predicted molar refractivity (Wildman–Crippen MR) is 88.6 cm³/mol. The second kappa shape index (κ2) is 5.16. The second-order valence-electron chi connectivity index (χ2n) is 4.56. The molecule has 0 spiro atoms. The van der Waals surface area contributed by atoms with Gasteiger partial charge in [0.25, 0.3) is 0 Å². The van der Waals surface area contributed by atoms with E-state index >= 15 is 0 Å². The van der Waals surface area contributed by atoms with Crippen LogP contribution in [0.1, 0.15) is 15.9 Å². The highest BCUT2D eigenvalue weighted by atomic mass is 79.9. The number of hydrogen-bond acceptors (Lipinski definition) is 3. The quantitative estimate of drug-likeness (QED) is 0.447. The molecule has 0 radical (unpaired) electrons. The van der Waals surface area contributed by atoms with Crippen molar-refractivity contribution in [1.82, 2.24) is 9.97 Å². The van der Waals surface area contributed by atoms with Crippen LogP contribution in [0.25, 0.3) is 11.0 Å². The minimum atomic E-state index is -0.312. The van der Waals surface area contributed by atoms with Crippen LogP contribution in [0.15, 0.2) is 44.1 Å². The number of ketones is 1. The predicted octanol–water partition coefficient (Wildman–Crippen LogP) is 3.19. The number of imidazole rings is 1. The summed E-state index contributed by atoms with van der Waals surface area (Å²) in [7, 11) is 0. The van der Waals surface area contributed by atoms with Crippen molar-refractivity contribution >= 4 is 54.4 Å². The molecule has 1 aromatic heterocycles. The molecule has 3 rings (SSSR count). The topological polar surface area (TPSA) is 91.7 Å². The van der Waals surface area contributed by atoms with Crippen molar-refractivity contribution in [2.24, 2.45) is 0 Å². The fourth-order valence-electron chi connectivity index (χ4n) is 2.13. The van der Waals surface area contributed by atoms with Gasteiger partial charge in [-0.05, 0) is 46.3 Å². The van der Waals surface area contributed by atoms with E-state index in [4.69, 9.17) is 5.73 Å². The highest BCUT2D eigenvalue weighted by Gasteiger charge is 2.15. The Morgan fingerprint density at radius 1 is 1.00 bits per heavy atom. The van der Waals surface area contributed by atoms with Gasteiger partial charge in [-0.15, -0.1) is 0 Å². The number of aromatic amines is 2. The normalized spacial score (nSPS) is 11.0. The van der Waals surface area contributed by atoms with Crippen LogP contribution in [0.3, 0.4) is 0 Å². The molecule has 2 aromatic carbocycles. The first-order valence-corrected chi connectivity index (χ1v) is 7.55. The van der Waals surface area contributed by atoms with Crippen molar-refractivity contribution in [3.05, 3.63) is 60.9 Å². The lowest BCUT2D eigenvalue weighted by Crippen LogP contribution is -2.03. The van der Waals surface area contributed by atoms with E-state index in [-0.39, 0.29) is 11.5 Å². The number of H-pyrrole nitrogens is 2. The summed E-state index contributed by atoms with van der Waals surface area (Å²) in [6.07, 6.45) is 0. The number of nitrogens with two attached hydrogens (primary N) is 1. The second-order valence-corrected chi connectivity index (χ2v) is 6.33. The molecule has 1 heterocycles. The molecule has 0 unspecified atom stereocenters. The number of nitrogen functional groups attached to an aromatic ring is 1. The number of hydrogen-bond donors (Lipinski definition) is 3. The number of rotatable bonds is 2. The number of nitrogens with one attached hydrogen (secondary N) is 2. The third-order valence-corrected chi connectivity index (χ3v) is 4.14.